The van der Waals surface area contributed by atoms with E-state index < -0.39 is 0 Å². The van der Waals surface area contributed by atoms with Crippen LogP contribution in [0.3, 0.4) is 0 Å². The van der Waals surface area contributed by atoms with Crippen molar-refractivity contribution >= 4 is 82.5 Å². The van der Waals surface area contributed by atoms with Gasteiger partial charge in [-0.2, -0.15) is 13.7 Å². The second-order valence-electron chi connectivity index (χ2n) is 12.0. The highest BCUT2D eigenvalue weighted by molar-refractivity contribution is 6.05. The number of nitrogen functional groups attached to an aromatic ring is 3. The topological polar surface area (TPSA) is 89.7 Å². The van der Waals surface area contributed by atoms with Crippen molar-refractivity contribution in [2.24, 2.45) is 21.1 Å². The largest absolute Gasteiger partial charge is 1.00 e. The molecule has 0 aliphatic heterocycles. The quantitative estimate of drug-likeness (QED) is 0.0955. The van der Waals surface area contributed by atoms with Gasteiger partial charge < -0.3 is 89.1 Å². The Labute approximate surface area is 348 Å². The van der Waals surface area contributed by atoms with Gasteiger partial charge in [-0.3, -0.25) is 0 Å². The number of nitrogens with two attached hydrogens (primary N) is 3. The van der Waals surface area contributed by atoms with Crippen LogP contribution in [0.4, 0.5) is 17.1 Å². The second-order valence-corrected chi connectivity index (χ2v) is 12.0. The first-order valence-corrected chi connectivity index (χ1v) is 16.0. The summed E-state index contributed by atoms with van der Waals surface area (Å²) in [7, 11) is 6.22. The van der Waals surface area contributed by atoms with E-state index in [0.29, 0.717) is 0 Å². The van der Waals surface area contributed by atoms with Crippen molar-refractivity contribution in [3.63, 3.8) is 0 Å². The molecule has 6 N–H and O–H groups in total. The van der Waals surface area contributed by atoms with E-state index in [1.54, 1.807) is 0 Å². The Bertz CT molecular complexity index is 2020. The number of para-hydroxylation sites is 6. The Kier molecular flexibility index (Phi) is 13.2. The molecule has 3 heterocycles. The highest BCUT2D eigenvalue weighted by Crippen LogP contribution is 2.28. The average Bonchev–Trinajstić information content (AvgIpc) is 3.15. The van der Waals surface area contributed by atoms with E-state index in [1.807, 2.05) is 72.8 Å². The first-order valence-electron chi connectivity index (χ1n) is 16.0. The minimum atomic E-state index is 0. The molecule has 6 nitrogen and oxygen atoms in total. The maximum absolute atomic E-state index is 6.21. The van der Waals surface area contributed by atoms with Crippen molar-refractivity contribution in [3.8, 4) is 0 Å². The van der Waals surface area contributed by atoms with Crippen molar-refractivity contribution in [2.45, 2.75) is 0 Å². The molecule has 9 aromatic rings. The van der Waals surface area contributed by atoms with E-state index in [4.69, 9.17) is 17.2 Å². The summed E-state index contributed by atoms with van der Waals surface area (Å²) in [5.41, 5.74) is 28.2. The highest BCUT2D eigenvalue weighted by atomic mass is 127. The molecule has 9 heteroatoms. The number of anilines is 3. The van der Waals surface area contributed by atoms with E-state index in [2.05, 4.69) is 108 Å². The summed E-state index contributed by atoms with van der Waals surface area (Å²) in [5, 5.41) is 6.69. The predicted molar refractivity (Wildman–Crippen MR) is 201 cm³/mol. The van der Waals surface area contributed by atoms with Gasteiger partial charge in [-0.15, -0.1) is 0 Å². The standard InChI is InChI=1S/3C14H12N2.3HI/c3*1-16-12-8-4-2-6-10(12)14(15)11-7-3-5-9-13(11)16;;;/h3*2-9,15H,1H3;3*1H. The second kappa shape index (κ2) is 17.0. The Morgan fingerprint density at radius 3 is 0.569 bits per heavy atom. The minimum Gasteiger partial charge on any atom is -1.00 e. The summed E-state index contributed by atoms with van der Waals surface area (Å²) >= 11 is 0. The average molecular weight is 1010 g/mol. The highest BCUT2D eigenvalue weighted by Gasteiger charge is 2.16. The van der Waals surface area contributed by atoms with Crippen LogP contribution in [0.2, 0.25) is 0 Å². The van der Waals surface area contributed by atoms with Crippen LogP contribution in [0.5, 0.6) is 0 Å². The molecule has 0 saturated heterocycles. The molecule has 0 amide bonds. The van der Waals surface area contributed by atoms with E-state index in [-0.39, 0.29) is 71.9 Å². The van der Waals surface area contributed by atoms with Crippen molar-refractivity contribution in [2.75, 3.05) is 17.2 Å². The molecule has 9 rings (SSSR count). The lowest BCUT2D eigenvalue weighted by atomic mass is 10.1. The first-order chi connectivity index (χ1) is 23.4. The zero-order chi connectivity index (χ0) is 33.4. The zero-order valence-corrected chi connectivity index (χ0v) is 35.0. The maximum atomic E-state index is 6.21. The number of aromatic nitrogens is 3. The minimum absolute atomic E-state index is 0. The van der Waals surface area contributed by atoms with Crippen molar-refractivity contribution < 1.29 is 85.6 Å². The first kappa shape index (κ1) is 39.7. The fraction of sp³-hybridized carbons (Fsp3) is 0.0714. The number of halogens is 3. The van der Waals surface area contributed by atoms with Gasteiger partial charge in [0, 0.05) is 36.4 Å². The number of hydrogen-bond acceptors (Lipinski definition) is 3. The lowest BCUT2D eigenvalue weighted by Crippen LogP contribution is -3.00. The fourth-order valence-corrected chi connectivity index (χ4v) is 6.79. The van der Waals surface area contributed by atoms with Crippen molar-refractivity contribution in [1.29, 1.82) is 0 Å². The predicted octanol–water partition coefficient (Wildman–Crippen LogP) is -1.79. The normalized spacial score (nSPS) is 10.4. The molecule has 0 bridgehead atoms. The summed E-state index contributed by atoms with van der Waals surface area (Å²) in [4.78, 5) is 0. The molecule has 0 aliphatic carbocycles. The van der Waals surface area contributed by atoms with E-state index in [1.165, 1.54) is 33.1 Å². The molecule has 0 unspecified atom stereocenters. The van der Waals surface area contributed by atoms with Gasteiger partial charge in [0.05, 0.1) is 49.4 Å². The van der Waals surface area contributed by atoms with Crippen LogP contribution >= 0.6 is 0 Å². The molecular weight excluding hydrogens is 969 g/mol. The number of aryl methyl sites for hydroxylation is 3. The molecule has 51 heavy (non-hydrogen) atoms. The van der Waals surface area contributed by atoms with E-state index in [9.17, 15) is 0 Å². The van der Waals surface area contributed by atoms with Crippen LogP contribution < -0.4 is 103 Å². The lowest BCUT2D eigenvalue weighted by molar-refractivity contribution is -0.617. The molecule has 0 radical (unpaired) electrons. The van der Waals surface area contributed by atoms with Crippen LogP contribution in [-0.4, -0.2) is 0 Å². The number of nitrogens with zero attached hydrogens (tertiary/aromatic N) is 3. The van der Waals surface area contributed by atoms with E-state index in [0.717, 1.165) is 49.4 Å². The lowest BCUT2D eigenvalue weighted by Gasteiger charge is -2.05. The smallest absolute Gasteiger partial charge is 0.214 e. The molecule has 3 aromatic heterocycles. The Balaban J connectivity index is 0.000000167. The van der Waals surface area contributed by atoms with Crippen LogP contribution in [0, 0.1) is 0 Å². The van der Waals surface area contributed by atoms with Gasteiger partial charge in [0.15, 0.2) is 0 Å². The summed E-state index contributed by atoms with van der Waals surface area (Å²) in [5.74, 6) is 0. The summed E-state index contributed by atoms with van der Waals surface area (Å²) < 4.78 is 6.54. The van der Waals surface area contributed by atoms with Crippen LogP contribution in [0.25, 0.3) is 65.4 Å². The summed E-state index contributed by atoms with van der Waals surface area (Å²) in [6, 6.07) is 49.3. The molecular formula is C42H39I3N6. The molecule has 0 saturated carbocycles. The molecule has 6 aromatic carbocycles. The summed E-state index contributed by atoms with van der Waals surface area (Å²) in [6.07, 6.45) is 0. The van der Waals surface area contributed by atoms with Crippen LogP contribution in [0.15, 0.2) is 146 Å². The van der Waals surface area contributed by atoms with E-state index >= 15 is 0 Å². The molecule has 0 fully saturated rings. The third-order valence-electron chi connectivity index (χ3n) is 9.33. The molecule has 0 atom stereocenters. The van der Waals surface area contributed by atoms with Crippen molar-refractivity contribution in [1.82, 2.24) is 0 Å². The maximum Gasteiger partial charge on any atom is 0.214 e. The van der Waals surface area contributed by atoms with Crippen molar-refractivity contribution in [3.05, 3.63) is 146 Å². The van der Waals surface area contributed by atoms with Gasteiger partial charge in [-0.1, -0.05) is 72.8 Å². The SMILES string of the molecule is C[n+]1c2ccccc2c(N)c2ccccc21.C[n+]1c2ccccc2c(N)c2ccccc21.C[n+]1c2ccccc2c(N)c2ccccc21.[I-].[I-].[I-]. The Morgan fingerprint density at radius 2 is 0.412 bits per heavy atom. The molecule has 0 spiro atoms. The van der Waals surface area contributed by atoms with Crippen LogP contribution in [-0.2, 0) is 21.1 Å². The number of fused-ring (bicyclic) bond motifs is 6. The van der Waals surface area contributed by atoms with Gasteiger partial charge >= 0.3 is 0 Å². The molecule has 258 valence electrons. The zero-order valence-electron chi connectivity index (χ0n) is 28.6. The molecule has 0 aliphatic rings. The summed E-state index contributed by atoms with van der Waals surface area (Å²) in [6.45, 7) is 0. The number of hydrogen-bond donors (Lipinski definition) is 3. The third-order valence-corrected chi connectivity index (χ3v) is 9.33. The Morgan fingerprint density at radius 1 is 0.275 bits per heavy atom. The third kappa shape index (κ3) is 7.33. The van der Waals surface area contributed by atoms with Gasteiger partial charge in [-0.05, 0) is 36.4 Å². The van der Waals surface area contributed by atoms with Crippen LogP contribution in [0.1, 0.15) is 0 Å². The number of pyridine rings is 3. The monoisotopic (exact) mass is 1010 g/mol. The van der Waals surface area contributed by atoms with Gasteiger partial charge in [0.1, 0.15) is 21.1 Å². The Hall–Kier alpha value is -4.08. The fourth-order valence-electron chi connectivity index (χ4n) is 6.79. The van der Waals surface area contributed by atoms with Gasteiger partial charge in [0.2, 0.25) is 33.1 Å². The number of benzene rings is 6. The van der Waals surface area contributed by atoms with Gasteiger partial charge in [0.25, 0.3) is 0 Å². The van der Waals surface area contributed by atoms with Gasteiger partial charge in [-0.25, -0.2) is 0 Å². The number of rotatable bonds is 0.